The minimum absolute atomic E-state index is 0. The van der Waals surface area contributed by atoms with E-state index in [1.807, 2.05) is 60.7 Å². The average molecular weight is 654 g/mol. The van der Waals surface area contributed by atoms with E-state index in [1.165, 1.54) is 5.56 Å². The predicted octanol–water partition coefficient (Wildman–Crippen LogP) is 8.41. The largest absolute Gasteiger partial charge is 2.00 e. The van der Waals surface area contributed by atoms with Crippen LogP contribution in [-0.2, 0) is 21.1 Å². The van der Waals surface area contributed by atoms with Crippen molar-refractivity contribution in [3.8, 4) is 56.2 Å². The van der Waals surface area contributed by atoms with Crippen LogP contribution in [0.4, 0.5) is 0 Å². The van der Waals surface area contributed by atoms with Gasteiger partial charge >= 0.3 is 21.1 Å². The standard InChI is InChI=1S/C34H22N2.Pt/c1-4-12-25(13-5-1)28-18-10-19-29(22-28)31-20-11-21-32(35-31)34-24-30(26-14-6-2-7-15-26)23-33(36-34)27-16-8-3-9-17-27;/h1-16,18,20-24H;/q-2;+2. The first-order chi connectivity index (χ1) is 17.8. The number of nitrogens with zero attached hydrogens (tertiary/aromatic N) is 2. The van der Waals surface area contributed by atoms with Crippen molar-refractivity contribution >= 4 is 0 Å². The molecule has 0 amide bonds. The fraction of sp³-hybridized carbons (Fsp3) is 0. The van der Waals surface area contributed by atoms with Crippen LogP contribution < -0.4 is 0 Å². The van der Waals surface area contributed by atoms with Crippen LogP contribution in [0.25, 0.3) is 56.2 Å². The van der Waals surface area contributed by atoms with Crippen molar-refractivity contribution in [3.63, 3.8) is 0 Å². The monoisotopic (exact) mass is 653 g/mol. The molecule has 0 atom stereocenters. The van der Waals surface area contributed by atoms with Gasteiger partial charge < -0.3 is 0 Å². The summed E-state index contributed by atoms with van der Waals surface area (Å²) in [5.74, 6) is 0. The second-order valence-corrected chi connectivity index (χ2v) is 8.53. The Bertz CT molecular complexity index is 1560. The van der Waals surface area contributed by atoms with E-state index in [1.54, 1.807) is 0 Å². The summed E-state index contributed by atoms with van der Waals surface area (Å²) in [5.41, 5.74) is 9.83. The summed E-state index contributed by atoms with van der Waals surface area (Å²) < 4.78 is 0. The Kier molecular flexibility index (Phi) is 7.49. The molecule has 0 radical (unpaired) electrons. The van der Waals surface area contributed by atoms with Crippen molar-refractivity contribution in [1.82, 2.24) is 9.97 Å². The first-order valence-electron chi connectivity index (χ1n) is 11.9. The van der Waals surface area contributed by atoms with Gasteiger partial charge in [0.25, 0.3) is 0 Å². The van der Waals surface area contributed by atoms with Crippen LogP contribution in [0.15, 0.2) is 133 Å². The average Bonchev–Trinajstić information content (AvgIpc) is 2.98. The molecule has 0 aliphatic rings. The summed E-state index contributed by atoms with van der Waals surface area (Å²) in [6.45, 7) is 0. The number of rotatable bonds is 5. The van der Waals surface area contributed by atoms with Crippen LogP contribution in [0, 0.1) is 12.1 Å². The van der Waals surface area contributed by atoms with Crippen molar-refractivity contribution in [2.45, 2.75) is 0 Å². The van der Waals surface area contributed by atoms with Gasteiger partial charge in [-0.25, -0.2) is 0 Å². The molecule has 0 fully saturated rings. The van der Waals surface area contributed by atoms with E-state index in [0.29, 0.717) is 0 Å². The van der Waals surface area contributed by atoms with Gasteiger partial charge in [-0.15, -0.1) is 71.3 Å². The third-order valence-electron chi connectivity index (χ3n) is 6.11. The summed E-state index contributed by atoms with van der Waals surface area (Å²) in [4.78, 5) is 10.0. The maximum atomic E-state index is 5.01. The summed E-state index contributed by atoms with van der Waals surface area (Å²) in [6.07, 6.45) is 0. The molecule has 6 rings (SSSR count). The van der Waals surface area contributed by atoms with Crippen molar-refractivity contribution in [2.24, 2.45) is 0 Å². The molecule has 6 aromatic rings. The van der Waals surface area contributed by atoms with Gasteiger partial charge in [0.1, 0.15) is 0 Å². The molecular formula is C34H22N2Pt. The van der Waals surface area contributed by atoms with Gasteiger partial charge in [0.05, 0.1) is 11.4 Å². The Morgan fingerprint density at radius 3 is 1.73 bits per heavy atom. The number of hydrogen-bond donors (Lipinski definition) is 0. The first kappa shape index (κ1) is 24.6. The Morgan fingerprint density at radius 1 is 0.378 bits per heavy atom. The first-order valence-corrected chi connectivity index (χ1v) is 11.9. The van der Waals surface area contributed by atoms with Gasteiger partial charge in [-0.05, 0) is 40.2 Å². The molecule has 0 aliphatic carbocycles. The van der Waals surface area contributed by atoms with Gasteiger partial charge in [0.2, 0.25) is 0 Å². The molecule has 2 aromatic heterocycles. The van der Waals surface area contributed by atoms with E-state index in [9.17, 15) is 0 Å². The zero-order valence-corrected chi connectivity index (χ0v) is 22.2. The van der Waals surface area contributed by atoms with Crippen LogP contribution in [0.2, 0.25) is 0 Å². The van der Waals surface area contributed by atoms with Gasteiger partial charge in [0, 0.05) is 0 Å². The molecular weight excluding hydrogens is 631 g/mol. The van der Waals surface area contributed by atoms with Crippen molar-refractivity contribution in [3.05, 3.63) is 146 Å². The maximum absolute atomic E-state index is 5.01. The van der Waals surface area contributed by atoms with E-state index in [4.69, 9.17) is 9.97 Å². The van der Waals surface area contributed by atoms with Crippen LogP contribution >= 0.6 is 0 Å². The molecule has 0 saturated heterocycles. The summed E-state index contributed by atoms with van der Waals surface area (Å²) in [7, 11) is 0. The van der Waals surface area contributed by atoms with E-state index in [2.05, 4.69) is 84.9 Å². The van der Waals surface area contributed by atoms with Crippen LogP contribution in [0.3, 0.4) is 0 Å². The Labute approximate surface area is 232 Å². The van der Waals surface area contributed by atoms with Crippen LogP contribution in [-0.4, -0.2) is 9.97 Å². The molecule has 178 valence electrons. The van der Waals surface area contributed by atoms with Crippen molar-refractivity contribution in [2.75, 3.05) is 0 Å². The fourth-order valence-electron chi connectivity index (χ4n) is 4.30. The third-order valence-corrected chi connectivity index (χ3v) is 6.11. The second-order valence-electron chi connectivity index (χ2n) is 8.53. The minimum Gasteiger partial charge on any atom is -0.295 e. The Morgan fingerprint density at radius 2 is 1.00 bits per heavy atom. The Hall–Kier alpha value is -4.13. The predicted molar refractivity (Wildman–Crippen MR) is 147 cm³/mol. The van der Waals surface area contributed by atoms with E-state index in [-0.39, 0.29) is 21.1 Å². The molecule has 4 aromatic carbocycles. The molecule has 0 N–H and O–H groups in total. The topological polar surface area (TPSA) is 25.8 Å². The van der Waals surface area contributed by atoms with Gasteiger partial charge in [-0.1, -0.05) is 78.9 Å². The smallest absolute Gasteiger partial charge is 0.295 e. The van der Waals surface area contributed by atoms with Crippen LogP contribution in [0.5, 0.6) is 0 Å². The maximum Gasteiger partial charge on any atom is 2.00 e. The molecule has 0 bridgehead atoms. The summed E-state index contributed by atoms with van der Waals surface area (Å²) in [6, 6.07) is 51.8. The zero-order chi connectivity index (χ0) is 24.2. The summed E-state index contributed by atoms with van der Waals surface area (Å²) >= 11 is 0. The molecule has 0 aliphatic heterocycles. The van der Waals surface area contributed by atoms with E-state index in [0.717, 1.165) is 50.6 Å². The minimum atomic E-state index is 0. The third kappa shape index (κ3) is 5.50. The van der Waals surface area contributed by atoms with Gasteiger partial charge in [-0.3, -0.25) is 9.97 Å². The second kappa shape index (κ2) is 11.3. The summed E-state index contributed by atoms with van der Waals surface area (Å²) in [5, 5.41) is 0. The van der Waals surface area contributed by atoms with E-state index < -0.39 is 0 Å². The van der Waals surface area contributed by atoms with Gasteiger partial charge in [-0.2, -0.15) is 0 Å². The Balaban J connectivity index is 0.00000280. The molecule has 0 unspecified atom stereocenters. The molecule has 0 saturated carbocycles. The number of benzene rings is 4. The number of hydrogen-bond acceptors (Lipinski definition) is 2. The van der Waals surface area contributed by atoms with Gasteiger partial charge in [0.15, 0.2) is 0 Å². The normalized spacial score (nSPS) is 10.5. The molecule has 37 heavy (non-hydrogen) atoms. The molecule has 2 nitrogen and oxygen atoms in total. The fourth-order valence-corrected chi connectivity index (χ4v) is 4.30. The molecule has 2 heterocycles. The van der Waals surface area contributed by atoms with Crippen molar-refractivity contribution in [1.29, 1.82) is 0 Å². The molecule has 0 spiro atoms. The SMILES string of the molecule is [Pt+2].[c-]1ccccc1-c1cc(-c2ccccc2)cc(-c2cccc(-c3[c-]ccc(-c4ccccc4)c3)n2)n1. The molecule has 3 heteroatoms. The van der Waals surface area contributed by atoms with Crippen LogP contribution in [0.1, 0.15) is 0 Å². The zero-order valence-electron chi connectivity index (χ0n) is 19.9. The quantitative estimate of drug-likeness (QED) is 0.175. The number of pyridine rings is 2. The van der Waals surface area contributed by atoms with Crippen molar-refractivity contribution < 1.29 is 21.1 Å². The number of aromatic nitrogens is 2. The van der Waals surface area contributed by atoms with E-state index >= 15 is 0 Å².